The summed E-state index contributed by atoms with van der Waals surface area (Å²) >= 11 is 0. The third-order valence-corrected chi connectivity index (χ3v) is 3.73. The molecule has 1 aliphatic rings. The lowest BCUT2D eigenvalue weighted by atomic mass is 9.97. The normalized spacial score (nSPS) is 23.3. The second-order valence-electron chi connectivity index (χ2n) is 5.56. The topological polar surface area (TPSA) is 46.3 Å². The van der Waals surface area contributed by atoms with Crippen molar-refractivity contribution in [1.82, 2.24) is 4.90 Å². The lowest BCUT2D eigenvalue weighted by Crippen LogP contribution is -2.37. The van der Waals surface area contributed by atoms with Crippen LogP contribution in [0.4, 0.5) is 4.39 Å². The van der Waals surface area contributed by atoms with Gasteiger partial charge in [0.25, 0.3) is 0 Å². The standard InChI is InChI=1S/C15H21FN2O.ClH/c1-10(17)7-15(19)18-9-13(8-11(18)2)12-3-5-14(16)6-4-12;/h3-6,10-11,13H,7-9,17H2,1-2H3;1H. The van der Waals surface area contributed by atoms with E-state index >= 15 is 0 Å². The van der Waals surface area contributed by atoms with Crippen LogP contribution in [-0.4, -0.2) is 29.4 Å². The van der Waals surface area contributed by atoms with Gasteiger partial charge in [-0.25, -0.2) is 4.39 Å². The Morgan fingerprint density at radius 2 is 2.05 bits per heavy atom. The minimum atomic E-state index is -0.223. The molecule has 2 rings (SSSR count). The van der Waals surface area contributed by atoms with Gasteiger partial charge in [-0.1, -0.05) is 12.1 Å². The third-order valence-electron chi connectivity index (χ3n) is 3.73. The minimum Gasteiger partial charge on any atom is -0.339 e. The zero-order valence-corrected chi connectivity index (χ0v) is 12.7. The average Bonchev–Trinajstić information content (AvgIpc) is 2.71. The highest BCUT2D eigenvalue weighted by molar-refractivity contribution is 5.85. The van der Waals surface area contributed by atoms with E-state index in [2.05, 4.69) is 6.92 Å². The van der Waals surface area contributed by atoms with Crippen LogP contribution < -0.4 is 5.73 Å². The van der Waals surface area contributed by atoms with Crippen molar-refractivity contribution in [3.63, 3.8) is 0 Å². The molecule has 3 unspecified atom stereocenters. The molecule has 1 saturated heterocycles. The number of hydrogen-bond donors (Lipinski definition) is 1. The van der Waals surface area contributed by atoms with Gasteiger partial charge >= 0.3 is 0 Å². The summed E-state index contributed by atoms with van der Waals surface area (Å²) in [7, 11) is 0. The highest BCUT2D eigenvalue weighted by atomic mass is 35.5. The molecule has 1 fully saturated rings. The minimum absolute atomic E-state index is 0. The summed E-state index contributed by atoms with van der Waals surface area (Å²) in [6.45, 7) is 4.61. The lowest BCUT2D eigenvalue weighted by Gasteiger charge is -2.22. The number of nitrogens with zero attached hydrogens (tertiary/aromatic N) is 1. The summed E-state index contributed by atoms with van der Waals surface area (Å²) in [6, 6.07) is 6.70. The van der Waals surface area contributed by atoms with Crippen molar-refractivity contribution in [1.29, 1.82) is 0 Å². The van der Waals surface area contributed by atoms with Gasteiger partial charge < -0.3 is 10.6 Å². The van der Waals surface area contributed by atoms with Crippen LogP contribution in [-0.2, 0) is 4.79 Å². The van der Waals surface area contributed by atoms with Gasteiger partial charge in [-0.15, -0.1) is 12.4 Å². The van der Waals surface area contributed by atoms with E-state index < -0.39 is 0 Å². The van der Waals surface area contributed by atoms with Gasteiger partial charge in [-0.2, -0.15) is 0 Å². The molecule has 5 heteroatoms. The molecule has 0 aromatic heterocycles. The predicted molar refractivity (Wildman–Crippen MR) is 80.4 cm³/mol. The highest BCUT2D eigenvalue weighted by Gasteiger charge is 2.33. The molecule has 2 N–H and O–H groups in total. The van der Waals surface area contributed by atoms with Crippen LogP contribution in [0.25, 0.3) is 0 Å². The van der Waals surface area contributed by atoms with E-state index in [9.17, 15) is 9.18 Å². The molecular weight excluding hydrogens is 279 g/mol. The Morgan fingerprint density at radius 3 is 2.60 bits per heavy atom. The van der Waals surface area contributed by atoms with E-state index in [0.29, 0.717) is 18.9 Å². The molecule has 3 atom stereocenters. The maximum Gasteiger partial charge on any atom is 0.224 e. The van der Waals surface area contributed by atoms with Gasteiger partial charge in [0.15, 0.2) is 0 Å². The first kappa shape index (κ1) is 16.9. The molecule has 3 nitrogen and oxygen atoms in total. The van der Waals surface area contributed by atoms with Crippen LogP contribution in [0.5, 0.6) is 0 Å². The van der Waals surface area contributed by atoms with Gasteiger partial charge in [0.2, 0.25) is 5.91 Å². The molecule has 0 bridgehead atoms. The molecule has 112 valence electrons. The van der Waals surface area contributed by atoms with E-state index in [4.69, 9.17) is 5.73 Å². The molecule has 1 aromatic rings. The van der Waals surface area contributed by atoms with E-state index in [1.807, 2.05) is 24.0 Å². The number of carbonyl (C=O) groups is 1. The Labute approximate surface area is 125 Å². The first-order valence-electron chi connectivity index (χ1n) is 6.78. The van der Waals surface area contributed by atoms with Crippen LogP contribution >= 0.6 is 12.4 Å². The number of nitrogens with two attached hydrogens (primary N) is 1. The summed E-state index contributed by atoms with van der Waals surface area (Å²) in [5.41, 5.74) is 6.78. The largest absolute Gasteiger partial charge is 0.339 e. The van der Waals surface area contributed by atoms with Crippen molar-refractivity contribution < 1.29 is 9.18 Å². The SMILES string of the molecule is CC(N)CC(=O)N1CC(c2ccc(F)cc2)CC1C.Cl. The van der Waals surface area contributed by atoms with Crippen LogP contribution in [0.3, 0.4) is 0 Å². The molecule has 1 heterocycles. The second kappa shape index (κ2) is 7.04. The Kier molecular flexibility index (Phi) is 5.96. The zero-order valence-electron chi connectivity index (χ0n) is 11.9. The average molecular weight is 301 g/mol. The number of amides is 1. The summed E-state index contributed by atoms with van der Waals surface area (Å²) in [5.74, 6) is 0.194. The number of benzene rings is 1. The smallest absolute Gasteiger partial charge is 0.224 e. The summed E-state index contributed by atoms with van der Waals surface area (Å²) < 4.78 is 12.9. The quantitative estimate of drug-likeness (QED) is 0.933. The van der Waals surface area contributed by atoms with Crippen molar-refractivity contribution in [2.45, 2.75) is 44.7 Å². The Hall–Kier alpha value is -1.13. The maximum absolute atomic E-state index is 12.9. The van der Waals surface area contributed by atoms with Crippen LogP contribution in [0.2, 0.25) is 0 Å². The summed E-state index contributed by atoms with van der Waals surface area (Å²) in [6.07, 6.45) is 1.32. The van der Waals surface area contributed by atoms with Crippen molar-refractivity contribution >= 4 is 18.3 Å². The van der Waals surface area contributed by atoms with Gasteiger partial charge in [0, 0.05) is 31.0 Å². The molecule has 1 amide bonds. The Bertz CT molecular complexity index is 450. The maximum atomic E-state index is 12.9. The van der Waals surface area contributed by atoms with Crippen molar-refractivity contribution in [3.05, 3.63) is 35.6 Å². The van der Waals surface area contributed by atoms with Crippen LogP contribution in [0.1, 0.15) is 38.2 Å². The number of carbonyl (C=O) groups excluding carboxylic acids is 1. The molecule has 0 aliphatic carbocycles. The number of hydrogen-bond acceptors (Lipinski definition) is 2. The van der Waals surface area contributed by atoms with E-state index in [-0.39, 0.29) is 36.2 Å². The van der Waals surface area contributed by atoms with Crippen molar-refractivity contribution in [3.8, 4) is 0 Å². The molecule has 20 heavy (non-hydrogen) atoms. The van der Waals surface area contributed by atoms with Gasteiger partial charge in [-0.05, 0) is 38.0 Å². The lowest BCUT2D eigenvalue weighted by molar-refractivity contribution is -0.132. The molecule has 1 aliphatic heterocycles. The first-order chi connectivity index (χ1) is 8.97. The van der Waals surface area contributed by atoms with Crippen molar-refractivity contribution in [2.24, 2.45) is 5.73 Å². The van der Waals surface area contributed by atoms with E-state index in [1.54, 1.807) is 0 Å². The van der Waals surface area contributed by atoms with Crippen LogP contribution in [0.15, 0.2) is 24.3 Å². The number of halogens is 2. The summed E-state index contributed by atoms with van der Waals surface area (Å²) in [4.78, 5) is 14.0. The van der Waals surface area contributed by atoms with E-state index in [0.717, 1.165) is 12.0 Å². The molecule has 0 radical (unpaired) electrons. The zero-order chi connectivity index (χ0) is 14.0. The molecule has 1 aromatic carbocycles. The molecule has 0 saturated carbocycles. The number of likely N-dealkylation sites (tertiary alicyclic amines) is 1. The fraction of sp³-hybridized carbons (Fsp3) is 0.533. The Morgan fingerprint density at radius 1 is 1.45 bits per heavy atom. The van der Waals surface area contributed by atoms with Gasteiger partial charge in [0.1, 0.15) is 5.82 Å². The van der Waals surface area contributed by atoms with Gasteiger partial charge in [0.05, 0.1) is 0 Å². The highest BCUT2D eigenvalue weighted by Crippen LogP contribution is 2.32. The third kappa shape index (κ3) is 3.93. The fourth-order valence-electron chi connectivity index (χ4n) is 2.75. The fourth-order valence-corrected chi connectivity index (χ4v) is 2.75. The molecular formula is C15H22ClFN2O. The van der Waals surface area contributed by atoms with Crippen LogP contribution in [0, 0.1) is 5.82 Å². The second-order valence-corrected chi connectivity index (χ2v) is 5.56. The predicted octanol–water partition coefficient (Wildman–Crippen LogP) is 2.69. The number of rotatable bonds is 3. The first-order valence-corrected chi connectivity index (χ1v) is 6.78. The Balaban J connectivity index is 0.00000200. The molecule has 0 spiro atoms. The summed E-state index contributed by atoms with van der Waals surface area (Å²) in [5, 5.41) is 0. The van der Waals surface area contributed by atoms with Crippen molar-refractivity contribution in [2.75, 3.05) is 6.54 Å². The monoisotopic (exact) mass is 300 g/mol. The van der Waals surface area contributed by atoms with E-state index in [1.165, 1.54) is 12.1 Å². The van der Waals surface area contributed by atoms with Gasteiger partial charge in [-0.3, -0.25) is 4.79 Å².